The van der Waals surface area contributed by atoms with Gasteiger partial charge in [-0.3, -0.25) is 4.79 Å². The van der Waals surface area contributed by atoms with Crippen molar-refractivity contribution >= 4 is 40.2 Å². The third-order valence-corrected chi connectivity index (χ3v) is 6.31. The van der Waals surface area contributed by atoms with Crippen LogP contribution in [0, 0.1) is 13.8 Å². The zero-order valence-electron chi connectivity index (χ0n) is 14.7. The summed E-state index contributed by atoms with van der Waals surface area (Å²) in [5.41, 5.74) is 2.76. The molecule has 0 spiro atoms. The minimum atomic E-state index is -0.0571. The van der Waals surface area contributed by atoms with E-state index in [2.05, 4.69) is 20.7 Å². The number of aromatic nitrogens is 2. The molecule has 3 aromatic rings. The Labute approximate surface area is 166 Å². The van der Waals surface area contributed by atoms with Crippen LogP contribution in [-0.2, 0) is 6.42 Å². The Morgan fingerprint density at radius 1 is 1.23 bits per heavy atom. The van der Waals surface area contributed by atoms with Crippen molar-refractivity contribution in [3.8, 4) is 10.6 Å². The molecule has 0 radical (unpaired) electrons. The number of unbranched alkanes of at least 4 members (excludes halogenated alkanes) is 1. The van der Waals surface area contributed by atoms with Gasteiger partial charge in [-0.2, -0.15) is 0 Å². The summed E-state index contributed by atoms with van der Waals surface area (Å²) in [6.07, 6.45) is 2.92. The molecule has 7 heteroatoms. The van der Waals surface area contributed by atoms with E-state index in [1.54, 1.807) is 11.3 Å². The number of benzene rings is 1. The molecule has 1 aromatic carbocycles. The van der Waals surface area contributed by atoms with Crippen molar-refractivity contribution in [2.24, 2.45) is 0 Å². The zero-order valence-corrected chi connectivity index (χ0v) is 17.1. The Bertz CT molecular complexity index is 904. The Morgan fingerprint density at radius 2 is 2.08 bits per heavy atom. The van der Waals surface area contributed by atoms with E-state index in [0.29, 0.717) is 16.4 Å². The van der Waals surface area contributed by atoms with E-state index < -0.39 is 0 Å². The van der Waals surface area contributed by atoms with E-state index >= 15 is 0 Å². The summed E-state index contributed by atoms with van der Waals surface area (Å²) in [5, 5.41) is 7.71. The fraction of sp³-hybridized carbons (Fsp3) is 0.316. The molecule has 0 fully saturated rings. The molecule has 0 aliphatic heterocycles. The van der Waals surface area contributed by atoms with Crippen molar-refractivity contribution < 1.29 is 4.79 Å². The van der Waals surface area contributed by atoms with Crippen molar-refractivity contribution in [3.05, 3.63) is 55.9 Å². The lowest BCUT2D eigenvalue weighted by Gasteiger charge is -2.03. The van der Waals surface area contributed by atoms with Crippen LogP contribution in [0.5, 0.6) is 0 Å². The van der Waals surface area contributed by atoms with E-state index in [1.807, 2.05) is 38.1 Å². The van der Waals surface area contributed by atoms with Gasteiger partial charge >= 0.3 is 0 Å². The van der Waals surface area contributed by atoms with Gasteiger partial charge in [0.25, 0.3) is 5.91 Å². The third kappa shape index (κ3) is 4.90. The van der Waals surface area contributed by atoms with Crippen molar-refractivity contribution in [1.29, 1.82) is 0 Å². The Hall–Kier alpha value is -1.76. The van der Waals surface area contributed by atoms with Crippen LogP contribution < -0.4 is 5.32 Å². The van der Waals surface area contributed by atoms with Crippen LogP contribution in [0.1, 0.15) is 38.9 Å². The van der Waals surface area contributed by atoms with Gasteiger partial charge in [0, 0.05) is 28.2 Å². The van der Waals surface area contributed by atoms with Crippen LogP contribution in [0.15, 0.2) is 29.6 Å². The first-order valence-electron chi connectivity index (χ1n) is 8.45. The summed E-state index contributed by atoms with van der Waals surface area (Å²) in [6.45, 7) is 4.53. The highest BCUT2D eigenvalue weighted by atomic mass is 35.5. The first-order chi connectivity index (χ1) is 12.5. The molecule has 0 saturated heterocycles. The molecule has 3 rings (SSSR count). The number of rotatable bonds is 7. The van der Waals surface area contributed by atoms with Crippen LogP contribution in [0.3, 0.4) is 0 Å². The average molecular weight is 406 g/mol. The molecule has 1 amide bonds. The number of carbonyl (C=O) groups is 1. The van der Waals surface area contributed by atoms with Crippen LogP contribution in [-0.4, -0.2) is 22.4 Å². The molecule has 4 nitrogen and oxygen atoms in total. The maximum atomic E-state index is 12.4. The van der Waals surface area contributed by atoms with Gasteiger partial charge < -0.3 is 5.32 Å². The highest BCUT2D eigenvalue weighted by Crippen LogP contribution is 2.29. The first kappa shape index (κ1) is 19.0. The molecular weight excluding hydrogens is 386 g/mol. The topological polar surface area (TPSA) is 54.9 Å². The number of hydrogen-bond acceptors (Lipinski definition) is 5. The number of aryl methyl sites for hydroxylation is 3. The Balaban J connectivity index is 1.51. The monoisotopic (exact) mass is 405 g/mol. The molecule has 2 aromatic heterocycles. The van der Waals surface area contributed by atoms with Crippen molar-refractivity contribution in [1.82, 2.24) is 15.3 Å². The summed E-state index contributed by atoms with van der Waals surface area (Å²) < 4.78 is 0. The molecule has 0 atom stereocenters. The Morgan fingerprint density at radius 3 is 2.81 bits per heavy atom. The number of nitrogens with zero attached hydrogens (tertiary/aromatic N) is 2. The molecule has 0 unspecified atom stereocenters. The van der Waals surface area contributed by atoms with Crippen molar-refractivity contribution in [3.63, 3.8) is 0 Å². The average Bonchev–Trinajstić information content (AvgIpc) is 3.20. The summed E-state index contributed by atoms with van der Waals surface area (Å²) >= 11 is 9.14. The minimum absolute atomic E-state index is 0.0571. The number of carbonyl (C=O) groups excluding carboxylic acids is 1. The van der Waals surface area contributed by atoms with Gasteiger partial charge in [-0.25, -0.2) is 9.97 Å². The van der Waals surface area contributed by atoms with E-state index in [-0.39, 0.29) is 5.91 Å². The van der Waals surface area contributed by atoms with Crippen molar-refractivity contribution in [2.75, 3.05) is 6.54 Å². The quantitative estimate of drug-likeness (QED) is 0.543. The molecule has 136 valence electrons. The van der Waals surface area contributed by atoms with Crippen molar-refractivity contribution in [2.45, 2.75) is 33.1 Å². The van der Waals surface area contributed by atoms with Gasteiger partial charge in [0.1, 0.15) is 9.88 Å². The summed E-state index contributed by atoms with van der Waals surface area (Å²) in [4.78, 5) is 22.1. The molecule has 0 aliphatic carbocycles. The van der Waals surface area contributed by atoms with Gasteiger partial charge in [-0.1, -0.05) is 23.7 Å². The highest BCUT2D eigenvalue weighted by molar-refractivity contribution is 7.17. The number of hydrogen-bond donors (Lipinski definition) is 1. The lowest BCUT2D eigenvalue weighted by molar-refractivity contribution is 0.0956. The zero-order chi connectivity index (χ0) is 18.5. The third-order valence-electron chi connectivity index (χ3n) is 3.84. The molecule has 26 heavy (non-hydrogen) atoms. The predicted molar refractivity (Wildman–Crippen MR) is 109 cm³/mol. The molecule has 0 aliphatic rings. The second-order valence-electron chi connectivity index (χ2n) is 6.04. The second kappa shape index (κ2) is 8.75. The van der Waals surface area contributed by atoms with E-state index in [1.165, 1.54) is 16.3 Å². The summed E-state index contributed by atoms with van der Waals surface area (Å²) in [7, 11) is 0. The van der Waals surface area contributed by atoms with E-state index in [0.717, 1.165) is 41.2 Å². The number of halogens is 1. The number of amides is 1. The lowest BCUT2D eigenvalue weighted by Crippen LogP contribution is -2.24. The fourth-order valence-corrected chi connectivity index (χ4v) is 4.54. The maximum absolute atomic E-state index is 12.4. The van der Waals surface area contributed by atoms with Gasteiger partial charge in [-0.05, 0) is 45.2 Å². The normalized spacial score (nSPS) is 10.9. The lowest BCUT2D eigenvalue weighted by atomic mass is 10.2. The standard InChI is InChI=1S/C19H20ClN3OS2/c1-12-11-25-16(22-12)8-3-4-9-21-18(24)17-13(2)23-19(26-17)14-6-5-7-15(20)10-14/h5-7,10-11H,3-4,8-9H2,1-2H3,(H,21,24). The first-order valence-corrected chi connectivity index (χ1v) is 10.5. The molecule has 0 saturated carbocycles. The molecular formula is C19H20ClN3OS2. The highest BCUT2D eigenvalue weighted by Gasteiger charge is 2.16. The number of thiazole rings is 2. The largest absolute Gasteiger partial charge is 0.351 e. The predicted octanol–water partition coefficient (Wildman–Crippen LogP) is 5.29. The van der Waals surface area contributed by atoms with Crippen LogP contribution >= 0.6 is 34.3 Å². The number of nitrogens with one attached hydrogen (secondary N) is 1. The second-order valence-corrected chi connectivity index (χ2v) is 8.42. The van der Waals surface area contributed by atoms with Gasteiger partial charge in [0.15, 0.2) is 0 Å². The van der Waals surface area contributed by atoms with Gasteiger partial charge in [0.2, 0.25) is 0 Å². The molecule has 2 heterocycles. The fourth-order valence-electron chi connectivity index (χ4n) is 2.55. The van der Waals surface area contributed by atoms with E-state index in [4.69, 9.17) is 11.6 Å². The molecule has 1 N–H and O–H groups in total. The van der Waals surface area contributed by atoms with Crippen LogP contribution in [0.4, 0.5) is 0 Å². The maximum Gasteiger partial charge on any atom is 0.263 e. The van der Waals surface area contributed by atoms with Crippen LogP contribution in [0.2, 0.25) is 5.02 Å². The smallest absolute Gasteiger partial charge is 0.263 e. The summed E-state index contributed by atoms with van der Waals surface area (Å²) in [5.74, 6) is -0.0571. The SMILES string of the molecule is Cc1csc(CCCCNC(=O)c2sc(-c3cccc(Cl)c3)nc2C)n1. The Kier molecular flexibility index (Phi) is 6.40. The van der Waals surface area contributed by atoms with E-state index in [9.17, 15) is 4.79 Å². The van der Waals surface area contributed by atoms with Crippen LogP contribution in [0.25, 0.3) is 10.6 Å². The summed E-state index contributed by atoms with van der Waals surface area (Å²) in [6, 6.07) is 7.53. The van der Waals surface area contributed by atoms with Gasteiger partial charge in [0.05, 0.1) is 10.7 Å². The minimum Gasteiger partial charge on any atom is -0.351 e. The van der Waals surface area contributed by atoms with Gasteiger partial charge in [-0.15, -0.1) is 22.7 Å². The molecule has 0 bridgehead atoms.